The number of benzene rings is 1. The van der Waals surface area contributed by atoms with Crippen molar-refractivity contribution in [3.63, 3.8) is 0 Å². The molecule has 0 aliphatic heterocycles. The third-order valence-corrected chi connectivity index (χ3v) is 3.15. The maximum Gasteiger partial charge on any atom is 0.260 e. The minimum absolute atomic E-state index is 0.129. The molecule has 7 heteroatoms. The van der Waals surface area contributed by atoms with Crippen LogP contribution < -0.4 is 4.74 Å². The molecule has 20 heavy (non-hydrogen) atoms. The van der Waals surface area contributed by atoms with Gasteiger partial charge in [-0.25, -0.2) is 4.39 Å². The van der Waals surface area contributed by atoms with Crippen molar-refractivity contribution in [2.45, 2.75) is 0 Å². The van der Waals surface area contributed by atoms with Gasteiger partial charge in [-0.05, 0) is 34.1 Å². The standard InChI is InChI=1S/C13H17BrFNO4/c1-19-7-5-16(4-6-17)13(18)9-20-12-3-2-10(15)8-11(12)14/h2-3,8,17H,4-7,9H2,1H3. The first kappa shape index (κ1) is 16.9. The van der Waals surface area contributed by atoms with E-state index in [9.17, 15) is 9.18 Å². The Kier molecular flexibility index (Phi) is 7.50. The van der Waals surface area contributed by atoms with Crippen molar-refractivity contribution >= 4 is 21.8 Å². The van der Waals surface area contributed by atoms with Gasteiger partial charge in [-0.2, -0.15) is 0 Å². The van der Waals surface area contributed by atoms with E-state index < -0.39 is 5.82 Å². The van der Waals surface area contributed by atoms with Gasteiger partial charge in [0.15, 0.2) is 6.61 Å². The van der Waals surface area contributed by atoms with Gasteiger partial charge in [0.1, 0.15) is 11.6 Å². The average molecular weight is 350 g/mol. The monoisotopic (exact) mass is 349 g/mol. The largest absolute Gasteiger partial charge is 0.483 e. The Morgan fingerprint density at radius 3 is 2.80 bits per heavy atom. The Labute approximate surface area is 125 Å². The van der Waals surface area contributed by atoms with E-state index in [0.29, 0.717) is 23.4 Å². The molecule has 0 aliphatic carbocycles. The highest BCUT2D eigenvalue weighted by molar-refractivity contribution is 9.10. The number of aliphatic hydroxyl groups is 1. The Bertz CT molecular complexity index is 444. The van der Waals surface area contributed by atoms with E-state index in [0.717, 1.165) is 0 Å². The SMILES string of the molecule is COCCN(CCO)C(=O)COc1ccc(F)cc1Br. The fourth-order valence-electron chi connectivity index (χ4n) is 1.51. The molecular formula is C13H17BrFNO4. The van der Waals surface area contributed by atoms with Crippen LogP contribution in [0, 0.1) is 5.82 Å². The van der Waals surface area contributed by atoms with Gasteiger partial charge in [-0.1, -0.05) is 0 Å². The van der Waals surface area contributed by atoms with Gasteiger partial charge in [-0.3, -0.25) is 4.79 Å². The molecule has 0 aromatic heterocycles. The summed E-state index contributed by atoms with van der Waals surface area (Å²) >= 11 is 3.16. The first-order valence-corrected chi connectivity index (χ1v) is 6.83. The second-order valence-electron chi connectivity index (χ2n) is 3.96. The Balaban J connectivity index is 2.55. The van der Waals surface area contributed by atoms with Crippen LogP contribution in [-0.4, -0.2) is 55.9 Å². The van der Waals surface area contributed by atoms with Crippen molar-refractivity contribution in [2.24, 2.45) is 0 Å². The summed E-state index contributed by atoms with van der Waals surface area (Å²) in [5.41, 5.74) is 0. The van der Waals surface area contributed by atoms with Crippen molar-refractivity contribution in [2.75, 3.05) is 40.0 Å². The number of carbonyl (C=O) groups excluding carboxylic acids is 1. The van der Waals surface area contributed by atoms with E-state index in [1.54, 1.807) is 0 Å². The average Bonchev–Trinajstić information content (AvgIpc) is 2.42. The number of rotatable bonds is 8. The smallest absolute Gasteiger partial charge is 0.260 e. The lowest BCUT2D eigenvalue weighted by Crippen LogP contribution is -2.39. The lowest BCUT2D eigenvalue weighted by atomic mass is 10.3. The topological polar surface area (TPSA) is 59.0 Å². The van der Waals surface area contributed by atoms with Crippen molar-refractivity contribution < 1.29 is 23.8 Å². The van der Waals surface area contributed by atoms with Crippen LogP contribution in [0.4, 0.5) is 4.39 Å². The van der Waals surface area contributed by atoms with E-state index in [-0.39, 0.29) is 25.7 Å². The Morgan fingerprint density at radius 1 is 1.45 bits per heavy atom. The minimum Gasteiger partial charge on any atom is -0.483 e. The zero-order chi connectivity index (χ0) is 15.0. The summed E-state index contributed by atoms with van der Waals surface area (Å²) in [6, 6.07) is 3.95. The molecule has 112 valence electrons. The van der Waals surface area contributed by atoms with Crippen LogP contribution in [0.2, 0.25) is 0 Å². The fraction of sp³-hybridized carbons (Fsp3) is 0.462. The molecule has 0 radical (unpaired) electrons. The molecule has 0 saturated carbocycles. The number of carbonyl (C=O) groups is 1. The van der Waals surface area contributed by atoms with Crippen LogP contribution in [0.5, 0.6) is 5.75 Å². The summed E-state index contributed by atoms with van der Waals surface area (Å²) in [6.45, 7) is 0.662. The maximum atomic E-state index is 12.9. The third-order valence-electron chi connectivity index (χ3n) is 2.53. The third kappa shape index (κ3) is 5.44. The lowest BCUT2D eigenvalue weighted by molar-refractivity contribution is -0.134. The van der Waals surface area contributed by atoms with Crippen LogP contribution in [0.15, 0.2) is 22.7 Å². The summed E-state index contributed by atoms with van der Waals surface area (Å²) in [5, 5.41) is 8.92. The molecule has 0 atom stereocenters. The van der Waals surface area contributed by atoms with Crippen LogP contribution >= 0.6 is 15.9 Å². The van der Waals surface area contributed by atoms with Crippen molar-refractivity contribution in [3.8, 4) is 5.75 Å². The first-order chi connectivity index (χ1) is 9.58. The van der Waals surface area contributed by atoms with Gasteiger partial charge in [-0.15, -0.1) is 0 Å². The van der Waals surface area contributed by atoms with E-state index in [4.69, 9.17) is 14.6 Å². The fourth-order valence-corrected chi connectivity index (χ4v) is 1.97. The van der Waals surface area contributed by atoms with E-state index in [1.807, 2.05) is 0 Å². The summed E-state index contributed by atoms with van der Waals surface area (Å²) in [6.07, 6.45) is 0. The zero-order valence-corrected chi connectivity index (χ0v) is 12.7. The number of amides is 1. The molecule has 1 rings (SSSR count). The van der Waals surface area contributed by atoms with Gasteiger partial charge in [0.25, 0.3) is 5.91 Å². The molecule has 1 N–H and O–H groups in total. The molecule has 0 spiro atoms. The Hall–Kier alpha value is -1.18. The number of ether oxygens (including phenoxy) is 2. The van der Waals surface area contributed by atoms with Gasteiger partial charge in [0.2, 0.25) is 0 Å². The molecule has 1 aromatic carbocycles. The predicted octanol–water partition coefficient (Wildman–Crippen LogP) is 1.43. The van der Waals surface area contributed by atoms with E-state index >= 15 is 0 Å². The number of methoxy groups -OCH3 is 1. The molecule has 0 unspecified atom stereocenters. The molecule has 0 aliphatic rings. The summed E-state index contributed by atoms with van der Waals surface area (Å²) in [7, 11) is 1.54. The highest BCUT2D eigenvalue weighted by atomic mass is 79.9. The number of halogens is 2. The van der Waals surface area contributed by atoms with E-state index in [2.05, 4.69) is 15.9 Å². The molecule has 5 nitrogen and oxygen atoms in total. The molecule has 0 fully saturated rings. The highest BCUT2D eigenvalue weighted by Crippen LogP contribution is 2.25. The van der Waals surface area contributed by atoms with Crippen molar-refractivity contribution in [3.05, 3.63) is 28.5 Å². The van der Waals surface area contributed by atoms with Crippen LogP contribution in [0.25, 0.3) is 0 Å². The quantitative estimate of drug-likeness (QED) is 0.771. The molecular weight excluding hydrogens is 333 g/mol. The molecule has 0 bridgehead atoms. The van der Waals surface area contributed by atoms with Crippen molar-refractivity contribution in [1.29, 1.82) is 0 Å². The number of hydrogen-bond acceptors (Lipinski definition) is 4. The number of aliphatic hydroxyl groups excluding tert-OH is 1. The summed E-state index contributed by atoms with van der Waals surface area (Å²) in [5.74, 6) is -0.277. The molecule has 0 saturated heterocycles. The lowest BCUT2D eigenvalue weighted by Gasteiger charge is -2.21. The van der Waals surface area contributed by atoms with Gasteiger partial charge >= 0.3 is 0 Å². The second-order valence-corrected chi connectivity index (χ2v) is 4.81. The van der Waals surface area contributed by atoms with Gasteiger partial charge in [0.05, 0.1) is 17.7 Å². The summed E-state index contributed by atoms with van der Waals surface area (Å²) < 4.78 is 23.6. The maximum absolute atomic E-state index is 12.9. The molecule has 0 heterocycles. The highest BCUT2D eigenvalue weighted by Gasteiger charge is 2.14. The second kappa shape index (κ2) is 8.89. The number of nitrogens with zero attached hydrogens (tertiary/aromatic N) is 1. The zero-order valence-electron chi connectivity index (χ0n) is 11.1. The molecule has 1 aromatic rings. The number of hydrogen-bond donors (Lipinski definition) is 1. The van der Waals surface area contributed by atoms with Gasteiger partial charge < -0.3 is 19.5 Å². The minimum atomic E-state index is -0.391. The predicted molar refractivity (Wildman–Crippen MR) is 75.1 cm³/mol. The van der Waals surface area contributed by atoms with Crippen molar-refractivity contribution in [1.82, 2.24) is 4.90 Å². The van der Waals surface area contributed by atoms with Crippen LogP contribution in [0.1, 0.15) is 0 Å². The van der Waals surface area contributed by atoms with E-state index in [1.165, 1.54) is 30.2 Å². The van der Waals surface area contributed by atoms with Gasteiger partial charge in [0, 0.05) is 20.2 Å². The summed E-state index contributed by atoms with van der Waals surface area (Å²) in [4.78, 5) is 13.4. The van der Waals surface area contributed by atoms with Crippen LogP contribution in [-0.2, 0) is 9.53 Å². The first-order valence-electron chi connectivity index (χ1n) is 6.04. The molecule has 1 amide bonds. The normalized spacial score (nSPS) is 10.4. The Morgan fingerprint density at radius 2 is 2.20 bits per heavy atom. The van der Waals surface area contributed by atoms with Crippen LogP contribution in [0.3, 0.4) is 0 Å².